The van der Waals surface area contributed by atoms with Gasteiger partial charge in [-0.25, -0.2) is 9.59 Å². The van der Waals surface area contributed by atoms with E-state index in [4.69, 9.17) is 24.8 Å². The van der Waals surface area contributed by atoms with Gasteiger partial charge < -0.3 is 34.8 Å². The summed E-state index contributed by atoms with van der Waals surface area (Å²) < 4.78 is 43.3. The molecule has 2 aromatic carbocycles. The second-order valence-corrected chi connectivity index (χ2v) is 12.3. The van der Waals surface area contributed by atoms with Gasteiger partial charge in [-0.1, -0.05) is 20.8 Å². The van der Waals surface area contributed by atoms with Crippen molar-refractivity contribution in [3.63, 3.8) is 0 Å². The quantitative estimate of drug-likeness (QED) is 0.255. The van der Waals surface area contributed by atoms with Gasteiger partial charge >= 0.3 is 18.1 Å². The molecule has 262 valence electrons. The number of rotatable bonds is 10. The topological polar surface area (TPSA) is 170 Å². The molecule has 1 fully saturated rings. The Balaban J connectivity index is 0.000000804. The second-order valence-electron chi connectivity index (χ2n) is 12.3. The number of Topliss-reactive ketones (excluding diaryl/α,β-unsaturated/α-hetero) is 1. The van der Waals surface area contributed by atoms with Crippen LogP contribution in [0.3, 0.4) is 0 Å². The summed E-state index contributed by atoms with van der Waals surface area (Å²) in [5.74, 6) is -3.15. The third kappa shape index (κ3) is 9.16. The lowest BCUT2D eigenvalue weighted by Gasteiger charge is -2.33. The lowest BCUT2D eigenvalue weighted by atomic mass is 9.84. The van der Waals surface area contributed by atoms with Gasteiger partial charge in [-0.05, 0) is 61.4 Å². The third-order valence-electron chi connectivity index (χ3n) is 7.72. The Morgan fingerprint density at radius 3 is 2.12 bits per heavy atom. The maximum atomic E-state index is 13.8. The lowest BCUT2D eigenvalue weighted by molar-refractivity contribution is -0.192. The molecule has 15 heteroatoms. The van der Waals surface area contributed by atoms with E-state index in [1.54, 1.807) is 30.1 Å². The zero-order valence-electron chi connectivity index (χ0n) is 27.5. The highest BCUT2D eigenvalue weighted by molar-refractivity contribution is 6.08. The number of carbonyl (C=O) groups is 4. The van der Waals surface area contributed by atoms with E-state index in [0.29, 0.717) is 41.3 Å². The van der Waals surface area contributed by atoms with Gasteiger partial charge in [0.25, 0.3) is 5.91 Å². The van der Waals surface area contributed by atoms with E-state index in [9.17, 15) is 32.7 Å². The Morgan fingerprint density at radius 2 is 1.60 bits per heavy atom. The number of aliphatic carboxylic acids is 2. The van der Waals surface area contributed by atoms with E-state index in [1.165, 1.54) is 0 Å². The van der Waals surface area contributed by atoms with Crippen LogP contribution in [0.4, 0.5) is 18.9 Å². The minimum Gasteiger partial charge on any atom is -0.493 e. The van der Waals surface area contributed by atoms with Crippen LogP contribution in [-0.2, 0) is 21.5 Å². The van der Waals surface area contributed by atoms with Crippen molar-refractivity contribution in [2.75, 3.05) is 44.8 Å². The smallest absolute Gasteiger partial charge is 0.490 e. The fourth-order valence-electron chi connectivity index (χ4n) is 5.40. The molecule has 2 aliphatic rings. The van der Waals surface area contributed by atoms with E-state index >= 15 is 0 Å². The molecule has 12 nitrogen and oxygen atoms in total. The molecule has 2 heterocycles. The van der Waals surface area contributed by atoms with Gasteiger partial charge in [-0.3, -0.25) is 15.0 Å². The van der Waals surface area contributed by atoms with Crippen molar-refractivity contribution in [1.82, 2.24) is 10.2 Å². The number of hydrogen-bond donors (Lipinski definition) is 4. The molecule has 0 unspecified atom stereocenters. The Morgan fingerprint density at radius 1 is 0.979 bits per heavy atom. The van der Waals surface area contributed by atoms with Gasteiger partial charge in [-0.15, -0.1) is 0 Å². The van der Waals surface area contributed by atoms with E-state index in [0.717, 1.165) is 49.2 Å². The monoisotopic (exact) mass is 678 g/mol. The summed E-state index contributed by atoms with van der Waals surface area (Å²) in [5, 5.41) is 27.9. The maximum absolute atomic E-state index is 13.8. The van der Waals surface area contributed by atoms with Gasteiger partial charge in [0.15, 0.2) is 12.4 Å². The van der Waals surface area contributed by atoms with Gasteiger partial charge in [0.05, 0.1) is 24.4 Å². The summed E-state index contributed by atoms with van der Waals surface area (Å²) >= 11 is 0. The number of amidine groups is 1. The zero-order chi connectivity index (χ0) is 36.0. The normalized spacial score (nSPS) is 14.5. The first-order chi connectivity index (χ1) is 22.4. The predicted octanol–water partition coefficient (Wildman–Crippen LogP) is 4.85. The van der Waals surface area contributed by atoms with Crippen LogP contribution in [0.25, 0.3) is 0 Å². The van der Waals surface area contributed by atoms with E-state index in [-0.39, 0.29) is 24.1 Å². The lowest BCUT2D eigenvalue weighted by Crippen LogP contribution is -2.32. The second kappa shape index (κ2) is 15.4. The van der Waals surface area contributed by atoms with Crippen LogP contribution in [0.1, 0.15) is 84.4 Å². The Bertz CT molecular complexity index is 1560. The van der Waals surface area contributed by atoms with Crippen LogP contribution in [-0.4, -0.2) is 90.6 Å². The number of halogens is 3. The van der Waals surface area contributed by atoms with Crippen molar-refractivity contribution in [2.24, 2.45) is 0 Å². The molecule has 0 aliphatic carbocycles. The summed E-state index contributed by atoms with van der Waals surface area (Å²) in [6.07, 6.45) is -1.95. The highest BCUT2D eigenvalue weighted by Gasteiger charge is 2.38. The minimum absolute atomic E-state index is 0.0227. The average molecular weight is 679 g/mol. The van der Waals surface area contributed by atoms with Crippen LogP contribution >= 0.6 is 0 Å². The first-order valence-electron chi connectivity index (χ1n) is 15.4. The molecular weight excluding hydrogens is 637 g/mol. The number of carboxylic acids is 2. The predicted molar refractivity (Wildman–Crippen MR) is 171 cm³/mol. The number of benzene rings is 2. The van der Waals surface area contributed by atoms with Crippen LogP contribution in [0, 0.1) is 5.41 Å². The molecular formula is C33H41F3N4O8. The van der Waals surface area contributed by atoms with Gasteiger partial charge in [-0.2, -0.15) is 13.2 Å². The number of ketones is 1. The largest absolute Gasteiger partial charge is 0.493 e. The zero-order valence-corrected chi connectivity index (χ0v) is 27.5. The van der Waals surface area contributed by atoms with Crippen LogP contribution in [0.15, 0.2) is 24.3 Å². The summed E-state index contributed by atoms with van der Waals surface area (Å²) in [6, 6.07) is 7.05. The van der Waals surface area contributed by atoms with Gasteiger partial charge in [0.2, 0.25) is 0 Å². The number of carboxylic acid groups (broad SMARTS) is 2. The standard InChI is InChI=1S/C31H40N4O6.C2HF3O2/c1-6-40-26-14-20-16-35(29(32)21(20)15-22(26)30(39)33-5)17-25(36)19-12-23(31(2,3)4)28(41-18-27(37)38)24(13-19)34-10-8-7-9-11-34;3-2(4,5)1(6)7/h12-15,32H,6-11,16-18H2,1-5H3,(H,33,39)(H,37,38);(H,6,7). The summed E-state index contributed by atoms with van der Waals surface area (Å²) in [5.41, 5.74) is 3.34. The first kappa shape index (κ1) is 37.6. The summed E-state index contributed by atoms with van der Waals surface area (Å²) in [6.45, 7) is 9.72. The highest BCUT2D eigenvalue weighted by atomic mass is 19.4. The van der Waals surface area contributed by atoms with Crippen LogP contribution in [0.2, 0.25) is 0 Å². The molecule has 4 N–H and O–H groups in total. The number of carbonyl (C=O) groups excluding carboxylic acids is 2. The van der Waals surface area contributed by atoms with Crippen molar-refractivity contribution >= 4 is 35.2 Å². The van der Waals surface area contributed by atoms with Crippen LogP contribution in [0.5, 0.6) is 11.5 Å². The number of nitrogens with one attached hydrogen (secondary N) is 2. The van der Waals surface area contributed by atoms with Crippen molar-refractivity contribution in [1.29, 1.82) is 5.41 Å². The number of nitrogens with zero attached hydrogens (tertiary/aromatic N) is 2. The number of ether oxygens (including phenoxy) is 2. The number of anilines is 1. The molecule has 1 saturated heterocycles. The molecule has 0 radical (unpaired) electrons. The molecule has 0 atom stereocenters. The molecule has 48 heavy (non-hydrogen) atoms. The average Bonchev–Trinajstić information content (AvgIpc) is 3.32. The molecule has 2 aromatic rings. The van der Waals surface area contributed by atoms with Crippen molar-refractivity contribution in [2.45, 2.75) is 65.1 Å². The Hall–Kier alpha value is -4.82. The number of hydrogen-bond acceptors (Lipinski definition) is 8. The number of piperidine rings is 1. The SMILES string of the molecule is CCOc1cc2c(cc1C(=O)NC)C(=N)N(CC(=O)c1cc(N3CCCCC3)c(OCC(=O)O)c(C(C)(C)C)c1)C2.O=C(O)C(F)(F)F. The minimum atomic E-state index is -5.08. The molecule has 4 rings (SSSR count). The van der Waals surface area contributed by atoms with Gasteiger partial charge in [0, 0.05) is 43.4 Å². The summed E-state index contributed by atoms with van der Waals surface area (Å²) in [4.78, 5) is 50.4. The maximum Gasteiger partial charge on any atom is 0.490 e. The number of fused-ring (bicyclic) bond motifs is 1. The molecule has 0 bridgehead atoms. The van der Waals surface area contributed by atoms with E-state index in [1.807, 2.05) is 33.8 Å². The molecule has 0 saturated carbocycles. The number of amides is 1. The van der Waals surface area contributed by atoms with Crippen molar-refractivity contribution < 1.29 is 52.0 Å². The molecule has 1 amide bonds. The number of alkyl halides is 3. The highest BCUT2D eigenvalue weighted by Crippen LogP contribution is 2.41. The Labute approximate surface area is 276 Å². The Kier molecular flexibility index (Phi) is 12.1. The summed E-state index contributed by atoms with van der Waals surface area (Å²) in [7, 11) is 1.55. The third-order valence-corrected chi connectivity index (χ3v) is 7.72. The first-order valence-corrected chi connectivity index (χ1v) is 15.4. The van der Waals surface area contributed by atoms with Crippen molar-refractivity contribution in [3.8, 4) is 11.5 Å². The molecule has 0 aromatic heterocycles. The van der Waals surface area contributed by atoms with Crippen molar-refractivity contribution in [3.05, 3.63) is 52.1 Å². The molecule has 2 aliphatic heterocycles. The fraction of sp³-hybridized carbons (Fsp3) is 0.485. The molecule has 0 spiro atoms. The van der Waals surface area contributed by atoms with Crippen LogP contribution < -0.4 is 19.7 Å². The fourth-order valence-corrected chi connectivity index (χ4v) is 5.40. The van der Waals surface area contributed by atoms with E-state index in [2.05, 4.69) is 10.2 Å². The van der Waals surface area contributed by atoms with E-state index < -0.39 is 30.1 Å². The van der Waals surface area contributed by atoms with Gasteiger partial charge in [0.1, 0.15) is 17.3 Å².